The quantitative estimate of drug-likeness (QED) is 0.444. The summed E-state index contributed by atoms with van der Waals surface area (Å²) >= 11 is 0. The number of benzene rings is 2. The van der Waals surface area contributed by atoms with Gasteiger partial charge in [-0.2, -0.15) is 0 Å². The van der Waals surface area contributed by atoms with E-state index in [4.69, 9.17) is 20.2 Å². The average molecular weight is 409 g/mol. The second kappa shape index (κ2) is 10.8. The van der Waals surface area contributed by atoms with E-state index in [1.165, 1.54) is 0 Å². The van der Waals surface area contributed by atoms with E-state index in [2.05, 4.69) is 16.7 Å². The minimum atomic E-state index is 0.449. The van der Waals surface area contributed by atoms with Crippen molar-refractivity contribution in [3.63, 3.8) is 0 Å². The Hall–Kier alpha value is -2.83. The molecule has 1 aromatic heterocycles. The molecule has 0 radical (unpaired) electrons. The van der Waals surface area contributed by atoms with Gasteiger partial charge in [0.25, 0.3) is 0 Å². The van der Waals surface area contributed by atoms with Crippen LogP contribution >= 0.6 is 0 Å². The van der Waals surface area contributed by atoms with Gasteiger partial charge in [0.2, 0.25) is 0 Å². The Labute approximate surface area is 178 Å². The number of aromatic nitrogens is 1. The highest BCUT2D eigenvalue weighted by molar-refractivity contribution is 5.94. The van der Waals surface area contributed by atoms with Crippen LogP contribution in [-0.4, -0.2) is 45.4 Å². The van der Waals surface area contributed by atoms with Crippen LogP contribution in [0.3, 0.4) is 0 Å². The molecule has 4 N–H and O–H groups in total. The molecule has 0 aliphatic rings. The number of anilines is 1. The molecule has 3 aromatic rings. The van der Waals surface area contributed by atoms with Gasteiger partial charge in [-0.15, -0.1) is 0 Å². The van der Waals surface area contributed by atoms with Gasteiger partial charge in [-0.3, -0.25) is 0 Å². The van der Waals surface area contributed by atoms with Crippen LogP contribution in [0, 0.1) is 0 Å². The van der Waals surface area contributed by atoms with E-state index in [9.17, 15) is 0 Å². The summed E-state index contributed by atoms with van der Waals surface area (Å²) in [5.41, 5.74) is 9.62. The predicted molar refractivity (Wildman–Crippen MR) is 125 cm³/mol. The topological polar surface area (TPSA) is 81.4 Å². The fourth-order valence-corrected chi connectivity index (χ4v) is 3.57. The molecule has 1 unspecified atom stereocenters. The van der Waals surface area contributed by atoms with E-state index in [1.54, 1.807) is 14.2 Å². The molecule has 1 heterocycles. The Kier molecular flexibility index (Phi) is 7.88. The van der Waals surface area contributed by atoms with E-state index in [1.807, 2.05) is 49.5 Å². The zero-order valence-corrected chi connectivity index (χ0v) is 18.1. The standard InChI is InChI=1S/C24H32N4O2/c1-26-18(5-4-13-25)12-14-27-24-16-23(17-6-8-19(29-2)9-7-17)28-22-11-10-20(30-3)15-21(22)24/h6-11,15-16,18,26H,4-5,12-14,25H2,1-3H3,(H,27,28). The monoisotopic (exact) mass is 408 g/mol. The molecular formula is C24H32N4O2. The largest absolute Gasteiger partial charge is 0.497 e. The molecule has 0 bridgehead atoms. The fourth-order valence-electron chi connectivity index (χ4n) is 3.57. The molecule has 6 heteroatoms. The Morgan fingerprint density at radius 3 is 2.37 bits per heavy atom. The van der Waals surface area contributed by atoms with Crippen LogP contribution < -0.4 is 25.8 Å². The molecule has 1 atom stereocenters. The summed E-state index contributed by atoms with van der Waals surface area (Å²) in [6, 6.07) is 16.5. The SMILES string of the molecule is CNC(CCCN)CCNc1cc(-c2ccc(OC)cc2)nc2ccc(OC)cc12. The highest BCUT2D eigenvalue weighted by Crippen LogP contribution is 2.31. The number of rotatable bonds is 11. The summed E-state index contributed by atoms with van der Waals surface area (Å²) in [5.74, 6) is 1.65. The van der Waals surface area contributed by atoms with Crippen LogP contribution in [0.15, 0.2) is 48.5 Å². The Bertz CT molecular complexity index is 944. The molecule has 30 heavy (non-hydrogen) atoms. The molecule has 3 rings (SSSR count). The second-order valence-corrected chi connectivity index (χ2v) is 7.30. The van der Waals surface area contributed by atoms with Crippen LogP contribution in [0.1, 0.15) is 19.3 Å². The first kappa shape index (κ1) is 21.9. The Balaban J connectivity index is 1.88. The first-order valence-electron chi connectivity index (χ1n) is 10.4. The third-order valence-corrected chi connectivity index (χ3v) is 5.37. The van der Waals surface area contributed by atoms with Gasteiger partial charge in [0.05, 0.1) is 25.4 Å². The number of pyridine rings is 1. The zero-order valence-electron chi connectivity index (χ0n) is 18.1. The Morgan fingerprint density at radius 2 is 1.70 bits per heavy atom. The smallest absolute Gasteiger partial charge is 0.119 e. The van der Waals surface area contributed by atoms with Crippen molar-refractivity contribution in [2.45, 2.75) is 25.3 Å². The molecule has 0 amide bonds. The minimum absolute atomic E-state index is 0.449. The highest BCUT2D eigenvalue weighted by atomic mass is 16.5. The van der Waals surface area contributed by atoms with Crippen LogP contribution in [0.2, 0.25) is 0 Å². The number of nitrogens with two attached hydrogens (primary N) is 1. The van der Waals surface area contributed by atoms with E-state index in [-0.39, 0.29) is 0 Å². The number of ether oxygens (including phenoxy) is 2. The maximum Gasteiger partial charge on any atom is 0.119 e. The van der Waals surface area contributed by atoms with E-state index >= 15 is 0 Å². The first-order chi connectivity index (χ1) is 14.7. The summed E-state index contributed by atoms with van der Waals surface area (Å²) in [6.07, 6.45) is 3.13. The summed E-state index contributed by atoms with van der Waals surface area (Å²) < 4.78 is 10.7. The lowest BCUT2D eigenvalue weighted by Crippen LogP contribution is -2.28. The summed E-state index contributed by atoms with van der Waals surface area (Å²) in [5, 5.41) is 8.06. The van der Waals surface area contributed by atoms with Crippen molar-refractivity contribution in [3.05, 3.63) is 48.5 Å². The van der Waals surface area contributed by atoms with Crippen LogP contribution in [0.4, 0.5) is 5.69 Å². The van der Waals surface area contributed by atoms with Crippen molar-refractivity contribution in [3.8, 4) is 22.8 Å². The van der Waals surface area contributed by atoms with E-state index in [0.29, 0.717) is 6.04 Å². The average Bonchev–Trinajstić information content (AvgIpc) is 2.80. The molecule has 0 saturated heterocycles. The lowest BCUT2D eigenvalue weighted by Gasteiger charge is -2.18. The molecular weight excluding hydrogens is 376 g/mol. The maximum atomic E-state index is 5.66. The number of methoxy groups -OCH3 is 2. The number of fused-ring (bicyclic) bond motifs is 1. The fraction of sp³-hybridized carbons (Fsp3) is 0.375. The lowest BCUT2D eigenvalue weighted by molar-refractivity contribution is 0.415. The number of hydrogen-bond acceptors (Lipinski definition) is 6. The van der Waals surface area contributed by atoms with Crippen molar-refractivity contribution in [2.75, 3.05) is 39.7 Å². The van der Waals surface area contributed by atoms with Crippen LogP contribution in [0.5, 0.6) is 11.5 Å². The summed E-state index contributed by atoms with van der Waals surface area (Å²) in [7, 11) is 5.36. The van der Waals surface area contributed by atoms with Crippen molar-refractivity contribution in [1.29, 1.82) is 0 Å². The van der Waals surface area contributed by atoms with Crippen LogP contribution in [-0.2, 0) is 0 Å². The molecule has 0 fully saturated rings. The third kappa shape index (κ3) is 5.40. The molecule has 6 nitrogen and oxygen atoms in total. The van der Waals surface area contributed by atoms with Crippen molar-refractivity contribution < 1.29 is 9.47 Å². The second-order valence-electron chi connectivity index (χ2n) is 7.30. The van der Waals surface area contributed by atoms with Gasteiger partial charge >= 0.3 is 0 Å². The van der Waals surface area contributed by atoms with Gasteiger partial charge in [-0.05, 0) is 81.4 Å². The maximum absolute atomic E-state index is 5.66. The molecule has 0 spiro atoms. The first-order valence-corrected chi connectivity index (χ1v) is 10.4. The van der Waals surface area contributed by atoms with Gasteiger partial charge in [0.1, 0.15) is 11.5 Å². The molecule has 0 saturated carbocycles. The van der Waals surface area contributed by atoms with Gasteiger partial charge in [-0.1, -0.05) is 0 Å². The molecule has 2 aromatic carbocycles. The van der Waals surface area contributed by atoms with Gasteiger partial charge in [0.15, 0.2) is 0 Å². The number of nitrogens with zero attached hydrogens (tertiary/aromatic N) is 1. The minimum Gasteiger partial charge on any atom is -0.497 e. The zero-order chi connectivity index (χ0) is 21.3. The van der Waals surface area contributed by atoms with E-state index < -0.39 is 0 Å². The van der Waals surface area contributed by atoms with Gasteiger partial charge < -0.3 is 25.8 Å². The normalized spacial score (nSPS) is 12.0. The molecule has 0 aliphatic carbocycles. The van der Waals surface area contributed by atoms with Crippen molar-refractivity contribution in [2.24, 2.45) is 5.73 Å². The summed E-state index contributed by atoms with van der Waals surface area (Å²) in [4.78, 5) is 4.87. The van der Waals surface area contributed by atoms with Crippen molar-refractivity contribution in [1.82, 2.24) is 10.3 Å². The Morgan fingerprint density at radius 1 is 0.967 bits per heavy atom. The molecule has 160 valence electrons. The van der Waals surface area contributed by atoms with Gasteiger partial charge in [0, 0.05) is 29.2 Å². The summed E-state index contributed by atoms with van der Waals surface area (Å²) in [6.45, 7) is 1.58. The van der Waals surface area contributed by atoms with Crippen molar-refractivity contribution >= 4 is 16.6 Å². The molecule has 0 aliphatic heterocycles. The van der Waals surface area contributed by atoms with E-state index in [0.717, 1.165) is 71.7 Å². The predicted octanol–water partition coefficient (Wildman–Crippen LogP) is 4.05. The number of hydrogen-bond donors (Lipinski definition) is 3. The van der Waals surface area contributed by atoms with Crippen LogP contribution in [0.25, 0.3) is 22.2 Å². The third-order valence-electron chi connectivity index (χ3n) is 5.37. The number of nitrogens with one attached hydrogen (secondary N) is 2. The highest BCUT2D eigenvalue weighted by Gasteiger charge is 2.11. The van der Waals surface area contributed by atoms with Gasteiger partial charge in [-0.25, -0.2) is 4.98 Å². The lowest BCUT2D eigenvalue weighted by atomic mass is 10.1.